The van der Waals surface area contributed by atoms with Gasteiger partial charge in [0.25, 0.3) is 0 Å². The Morgan fingerprint density at radius 2 is 1.79 bits per heavy atom. The highest BCUT2D eigenvalue weighted by molar-refractivity contribution is 5.79. The minimum absolute atomic E-state index is 0.0602. The third-order valence-electron chi connectivity index (χ3n) is 2.46. The van der Waals surface area contributed by atoms with Crippen molar-refractivity contribution in [2.75, 3.05) is 20.3 Å². The van der Waals surface area contributed by atoms with Gasteiger partial charge >= 0.3 is 11.9 Å². The first-order chi connectivity index (χ1) is 9.11. The van der Waals surface area contributed by atoms with Crippen molar-refractivity contribution >= 4 is 11.9 Å². The molecular formula is C13H26O6. The van der Waals surface area contributed by atoms with Gasteiger partial charge in [0.05, 0.1) is 18.9 Å². The van der Waals surface area contributed by atoms with Crippen LogP contribution in [0.3, 0.4) is 0 Å². The van der Waals surface area contributed by atoms with Crippen LogP contribution in [0, 0.1) is 5.92 Å². The second kappa shape index (κ2) is 14.9. The number of esters is 1. The molecule has 1 atom stereocenters. The molecule has 0 aliphatic carbocycles. The van der Waals surface area contributed by atoms with Gasteiger partial charge in [0, 0.05) is 13.7 Å². The number of unbranched alkanes of at least 4 members (excludes halogenated alkanes) is 2. The first kappa shape index (κ1) is 20.2. The number of carboxylic acid groups (broad SMARTS) is 1. The average Bonchev–Trinajstić information content (AvgIpc) is 2.40. The highest BCUT2D eigenvalue weighted by Gasteiger charge is 2.22. The largest absolute Gasteiger partial charge is 0.481 e. The van der Waals surface area contributed by atoms with E-state index in [0.29, 0.717) is 25.9 Å². The smallest absolute Gasteiger partial charge is 0.309 e. The van der Waals surface area contributed by atoms with Crippen LogP contribution < -0.4 is 0 Å². The number of carbonyl (C=O) groups excluding carboxylic acids is 1. The van der Waals surface area contributed by atoms with Gasteiger partial charge in [-0.25, -0.2) is 0 Å². The van der Waals surface area contributed by atoms with Crippen molar-refractivity contribution in [1.82, 2.24) is 0 Å². The topological polar surface area (TPSA) is 104 Å². The molecule has 19 heavy (non-hydrogen) atoms. The van der Waals surface area contributed by atoms with E-state index in [-0.39, 0.29) is 13.0 Å². The molecule has 0 heterocycles. The van der Waals surface area contributed by atoms with E-state index in [0.717, 1.165) is 20.0 Å². The lowest BCUT2D eigenvalue weighted by Gasteiger charge is -2.13. The zero-order chi connectivity index (χ0) is 15.1. The van der Waals surface area contributed by atoms with Gasteiger partial charge in [-0.3, -0.25) is 9.59 Å². The van der Waals surface area contributed by atoms with E-state index in [1.165, 1.54) is 0 Å². The molecule has 114 valence electrons. The first-order valence-electron chi connectivity index (χ1n) is 6.55. The molecule has 0 saturated carbocycles. The maximum absolute atomic E-state index is 11.6. The minimum Gasteiger partial charge on any atom is -0.481 e. The Balaban J connectivity index is 0. The Morgan fingerprint density at radius 1 is 1.16 bits per heavy atom. The lowest BCUT2D eigenvalue weighted by molar-refractivity contribution is -0.153. The lowest BCUT2D eigenvalue weighted by Crippen LogP contribution is -2.21. The average molecular weight is 278 g/mol. The molecule has 1 unspecified atom stereocenters. The fraction of sp³-hybridized carbons (Fsp3) is 0.846. The van der Waals surface area contributed by atoms with Crippen LogP contribution in [0.1, 0.15) is 45.4 Å². The lowest BCUT2D eigenvalue weighted by atomic mass is 9.98. The van der Waals surface area contributed by atoms with Crippen molar-refractivity contribution in [2.24, 2.45) is 5.92 Å². The Bertz CT molecular complexity index is 229. The Labute approximate surface area is 114 Å². The number of carboxylic acids is 1. The van der Waals surface area contributed by atoms with Crippen LogP contribution in [0.5, 0.6) is 0 Å². The Morgan fingerprint density at radius 3 is 2.26 bits per heavy atom. The van der Waals surface area contributed by atoms with E-state index in [4.69, 9.17) is 20.1 Å². The predicted molar refractivity (Wildman–Crippen MR) is 70.7 cm³/mol. The molecule has 0 radical (unpaired) electrons. The predicted octanol–water partition coefficient (Wildman–Crippen LogP) is 1.19. The number of aliphatic hydroxyl groups is 2. The number of aliphatic carboxylic acids is 1. The van der Waals surface area contributed by atoms with Crippen LogP contribution in [-0.2, 0) is 14.3 Å². The van der Waals surface area contributed by atoms with E-state index in [2.05, 4.69) is 0 Å². The Kier molecular flexibility index (Phi) is 15.8. The summed E-state index contributed by atoms with van der Waals surface area (Å²) >= 11 is 0. The van der Waals surface area contributed by atoms with Crippen molar-refractivity contribution in [3.8, 4) is 0 Å². The van der Waals surface area contributed by atoms with E-state index in [1.807, 2.05) is 6.92 Å². The summed E-state index contributed by atoms with van der Waals surface area (Å²) in [5, 5.41) is 24.3. The summed E-state index contributed by atoms with van der Waals surface area (Å²) in [4.78, 5) is 22.2. The number of ether oxygens (including phenoxy) is 1. The standard InChI is InChI=1S/C12H22O5.CH4O/c1-2-3-8-17-12(16)10(9-11(14)15)6-4-5-7-13;1-2/h10,13H,2-9H2,1H3,(H,14,15);2H,1H3. The van der Waals surface area contributed by atoms with Gasteiger partial charge in [0.2, 0.25) is 0 Å². The summed E-state index contributed by atoms with van der Waals surface area (Å²) in [6.45, 7) is 2.40. The fourth-order valence-electron chi connectivity index (χ4n) is 1.45. The molecule has 0 aromatic rings. The van der Waals surface area contributed by atoms with Crippen molar-refractivity contribution in [1.29, 1.82) is 0 Å². The monoisotopic (exact) mass is 278 g/mol. The van der Waals surface area contributed by atoms with Crippen LogP contribution in [0.15, 0.2) is 0 Å². The third-order valence-corrected chi connectivity index (χ3v) is 2.46. The van der Waals surface area contributed by atoms with E-state index in [1.54, 1.807) is 0 Å². The molecule has 0 fully saturated rings. The number of carbonyl (C=O) groups is 2. The van der Waals surface area contributed by atoms with Crippen molar-refractivity contribution in [3.05, 3.63) is 0 Å². The number of rotatable bonds is 10. The normalized spacial score (nSPS) is 11.2. The van der Waals surface area contributed by atoms with Gasteiger partial charge in [-0.1, -0.05) is 19.8 Å². The summed E-state index contributed by atoms with van der Waals surface area (Å²) in [5.41, 5.74) is 0. The van der Waals surface area contributed by atoms with Gasteiger partial charge in [0.1, 0.15) is 0 Å². The molecule has 6 nitrogen and oxygen atoms in total. The maximum Gasteiger partial charge on any atom is 0.309 e. The fourth-order valence-corrected chi connectivity index (χ4v) is 1.45. The van der Waals surface area contributed by atoms with Gasteiger partial charge in [-0.15, -0.1) is 0 Å². The van der Waals surface area contributed by atoms with Gasteiger partial charge < -0.3 is 20.1 Å². The maximum atomic E-state index is 11.6. The van der Waals surface area contributed by atoms with Crippen LogP contribution in [0.4, 0.5) is 0 Å². The van der Waals surface area contributed by atoms with E-state index in [9.17, 15) is 9.59 Å². The van der Waals surface area contributed by atoms with Gasteiger partial charge in [-0.2, -0.15) is 0 Å². The second-order valence-electron chi connectivity index (χ2n) is 4.04. The van der Waals surface area contributed by atoms with Crippen LogP contribution in [0.2, 0.25) is 0 Å². The van der Waals surface area contributed by atoms with E-state index < -0.39 is 17.9 Å². The zero-order valence-corrected chi connectivity index (χ0v) is 11.8. The summed E-state index contributed by atoms with van der Waals surface area (Å²) < 4.78 is 5.01. The van der Waals surface area contributed by atoms with Crippen molar-refractivity contribution in [3.63, 3.8) is 0 Å². The molecule has 6 heteroatoms. The van der Waals surface area contributed by atoms with Crippen LogP contribution >= 0.6 is 0 Å². The molecule has 0 saturated heterocycles. The molecule has 0 aliphatic heterocycles. The zero-order valence-electron chi connectivity index (χ0n) is 11.8. The number of aliphatic hydroxyl groups excluding tert-OH is 2. The molecule has 0 aromatic carbocycles. The van der Waals surface area contributed by atoms with Gasteiger partial charge in [0.15, 0.2) is 0 Å². The summed E-state index contributed by atoms with van der Waals surface area (Å²) in [5.74, 6) is -2.01. The molecule has 0 rings (SSSR count). The molecule has 3 N–H and O–H groups in total. The first-order valence-corrected chi connectivity index (χ1v) is 6.55. The SMILES string of the molecule is CCCCOC(=O)C(CCCCO)CC(=O)O.CO. The molecule has 0 amide bonds. The second-order valence-corrected chi connectivity index (χ2v) is 4.04. The number of hydrogen-bond acceptors (Lipinski definition) is 5. The molecule has 0 aromatic heterocycles. The summed E-state index contributed by atoms with van der Waals surface area (Å²) in [6.07, 6.45) is 3.20. The van der Waals surface area contributed by atoms with Crippen LogP contribution in [-0.4, -0.2) is 47.6 Å². The highest BCUT2D eigenvalue weighted by atomic mass is 16.5. The van der Waals surface area contributed by atoms with Gasteiger partial charge in [-0.05, 0) is 19.3 Å². The third kappa shape index (κ3) is 13.1. The molecule has 0 spiro atoms. The van der Waals surface area contributed by atoms with Crippen LogP contribution in [0.25, 0.3) is 0 Å². The van der Waals surface area contributed by atoms with E-state index >= 15 is 0 Å². The highest BCUT2D eigenvalue weighted by Crippen LogP contribution is 2.15. The minimum atomic E-state index is -0.994. The molecule has 0 bridgehead atoms. The molecule has 0 aliphatic rings. The Hall–Kier alpha value is -1.14. The molecular weight excluding hydrogens is 252 g/mol. The quantitative estimate of drug-likeness (QED) is 0.409. The summed E-state index contributed by atoms with van der Waals surface area (Å²) in [6, 6.07) is 0. The van der Waals surface area contributed by atoms with Crippen molar-refractivity contribution < 1.29 is 29.6 Å². The van der Waals surface area contributed by atoms with Crippen molar-refractivity contribution in [2.45, 2.75) is 45.4 Å². The summed E-state index contributed by atoms with van der Waals surface area (Å²) in [7, 11) is 1.00. The number of hydrogen-bond donors (Lipinski definition) is 3.